The van der Waals surface area contributed by atoms with Crippen molar-refractivity contribution < 1.29 is 14.4 Å². The lowest BCUT2D eigenvalue weighted by Gasteiger charge is -2.17. The van der Waals surface area contributed by atoms with E-state index in [0.717, 1.165) is 0 Å². The van der Waals surface area contributed by atoms with E-state index >= 15 is 0 Å². The van der Waals surface area contributed by atoms with Crippen molar-refractivity contribution in [3.05, 3.63) is 93.8 Å². The van der Waals surface area contributed by atoms with Gasteiger partial charge >= 0.3 is 0 Å². The number of nitrogens with zero attached hydrogens (tertiary/aromatic N) is 1. The van der Waals surface area contributed by atoms with Gasteiger partial charge in [-0.2, -0.15) is 0 Å². The highest BCUT2D eigenvalue weighted by atomic mass is 35.5. The van der Waals surface area contributed by atoms with E-state index < -0.39 is 6.10 Å². The van der Waals surface area contributed by atoms with E-state index in [1.807, 2.05) is 42.5 Å². The molecule has 2 heterocycles. The van der Waals surface area contributed by atoms with E-state index in [2.05, 4.69) is 10.5 Å². The third-order valence-electron chi connectivity index (χ3n) is 4.51. The number of nitrogens with one attached hydrogen (secondary N) is 1. The minimum Gasteiger partial charge on any atom is -0.486 e. The molecule has 3 aromatic rings. The van der Waals surface area contributed by atoms with E-state index in [1.165, 1.54) is 0 Å². The number of hydrogen-bond donors (Lipinski definition) is 2. The zero-order valence-electron chi connectivity index (χ0n) is 15.3. The SMILES string of the molecule is OC(C1=CNCC=C1)c1c(-c2ccc(Cl)c(Cl)c2)noc1COc1ccccc1. The van der Waals surface area contributed by atoms with E-state index in [9.17, 15) is 5.11 Å². The number of dihydropyridines is 1. The van der Waals surface area contributed by atoms with Crippen LogP contribution in [0.4, 0.5) is 0 Å². The van der Waals surface area contributed by atoms with E-state index in [-0.39, 0.29) is 6.61 Å². The highest BCUT2D eigenvalue weighted by Gasteiger charge is 2.27. The second kappa shape index (κ2) is 8.74. The van der Waals surface area contributed by atoms with Gasteiger partial charge in [-0.25, -0.2) is 0 Å². The molecule has 0 amide bonds. The number of para-hydroxylation sites is 1. The van der Waals surface area contributed by atoms with Crippen molar-refractivity contribution in [1.29, 1.82) is 0 Å². The number of rotatable bonds is 6. The van der Waals surface area contributed by atoms with Gasteiger partial charge in [-0.3, -0.25) is 0 Å². The lowest BCUT2D eigenvalue weighted by atomic mass is 9.96. The molecule has 0 bridgehead atoms. The van der Waals surface area contributed by atoms with Gasteiger partial charge in [0.2, 0.25) is 0 Å². The zero-order chi connectivity index (χ0) is 20.2. The molecule has 0 saturated carbocycles. The molecular weight excluding hydrogens is 411 g/mol. The summed E-state index contributed by atoms with van der Waals surface area (Å²) in [5, 5.41) is 19.2. The molecule has 2 aromatic carbocycles. The molecule has 148 valence electrons. The van der Waals surface area contributed by atoms with Crippen LogP contribution >= 0.6 is 23.2 Å². The van der Waals surface area contributed by atoms with Gasteiger partial charge in [0, 0.05) is 23.9 Å². The Labute approximate surface area is 178 Å². The molecular formula is C22H18Cl2N2O3. The molecule has 0 aliphatic carbocycles. The maximum absolute atomic E-state index is 11.1. The summed E-state index contributed by atoms with van der Waals surface area (Å²) in [6, 6.07) is 14.5. The van der Waals surface area contributed by atoms with Gasteiger partial charge in [-0.05, 0) is 24.3 Å². The van der Waals surface area contributed by atoms with Crippen LogP contribution in [0, 0.1) is 0 Å². The summed E-state index contributed by atoms with van der Waals surface area (Å²) < 4.78 is 11.4. The minimum absolute atomic E-state index is 0.120. The second-order valence-electron chi connectivity index (χ2n) is 6.46. The summed E-state index contributed by atoms with van der Waals surface area (Å²) in [7, 11) is 0. The molecule has 0 radical (unpaired) electrons. The Morgan fingerprint density at radius 1 is 1.14 bits per heavy atom. The van der Waals surface area contributed by atoms with Crippen molar-refractivity contribution in [2.24, 2.45) is 0 Å². The van der Waals surface area contributed by atoms with Crippen molar-refractivity contribution in [3.8, 4) is 17.0 Å². The Hall–Kier alpha value is -2.73. The normalized spacial score (nSPS) is 14.2. The van der Waals surface area contributed by atoms with Crippen molar-refractivity contribution in [2.75, 3.05) is 6.54 Å². The van der Waals surface area contributed by atoms with Gasteiger partial charge in [0.15, 0.2) is 5.76 Å². The molecule has 1 aliphatic heterocycles. The first kappa shape index (κ1) is 19.6. The molecule has 0 spiro atoms. The molecule has 2 N–H and O–H groups in total. The highest BCUT2D eigenvalue weighted by molar-refractivity contribution is 6.42. The lowest BCUT2D eigenvalue weighted by Crippen LogP contribution is -2.14. The molecule has 1 unspecified atom stereocenters. The monoisotopic (exact) mass is 428 g/mol. The summed E-state index contributed by atoms with van der Waals surface area (Å²) >= 11 is 12.2. The van der Waals surface area contributed by atoms with Crippen LogP contribution < -0.4 is 10.1 Å². The average molecular weight is 429 g/mol. The molecule has 4 rings (SSSR count). The zero-order valence-corrected chi connectivity index (χ0v) is 16.8. The van der Waals surface area contributed by atoms with E-state index in [4.69, 9.17) is 32.5 Å². The number of aliphatic hydroxyl groups excluding tert-OH is 1. The van der Waals surface area contributed by atoms with Gasteiger partial charge < -0.3 is 19.7 Å². The van der Waals surface area contributed by atoms with E-state index in [1.54, 1.807) is 24.4 Å². The minimum atomic E-state index is -0.955. The number of benzene rings is 2. The first-order valence-electron chi connectivity index (χ1n) is 9.03. The number of halogens is 2. The van der Waals surface area contributed by atoms with Crippen LogP contribution in [0.15, 0.2) is 77.0 Å². The molecule has 0 saturated heterocycles. The Morgan fingerprint density at radius 2 is 1.97 bits per heavy atom. The fourth-order valence-corrected chi connectivity index (χ4v) is 3.36. The van der Waals surface area contributed by atoms with Crippen LogP contribution in [0.5, 0.6) is 5.75 Å². The van der Waals surface area contributed by atoms with Crippen LogP contribution in [0.25, 0.3) is 11.3 Å². The number of aliphatic hydroxyl groups is 1. The van der Waals surface area contributed by atoms with Crippen molar-refractivity contribution in [3.63, 3.8) is 0 Å². The molecule has 1 aromatic heterocycles. The molecule has 0 fully saturated rings. The highest BCUT2D eigenvalue weighted by Crippen LogP contribution is 2.37. The topological polar surface area (TPSA) is 67.5 Å². The first-order valence-corrected chi connectivity index (χ1v) is 9.79. The van der Waals surface area contributed by atoms with Gasteiger partial charge in [-0.1, -0.05) is 64.8 Å². The maximum atomic E-state index is 11.1. The van der Waals surface area contributed by atoms with Crippen LogP contribution in [-0.4, -0.2) is 16.8 Å². The lowest BCUT2D eigenvalue weighted by molar-refractivity contribution is 0.204. The number of aromatic nitrogens is 1. The fourth-order valence-electron chi connectivity index (χ4n) is 3.06. The van der Waals surface area contributed by atoms with Gasteiger partial charge in [-0.15, -0.1) is 0 Å². The standard InChI is InChI=1S/C22H18Cl2N2O3/c23-17-9-8-14(11-18(17)24)21-20(22(27)15-5-4-10-25-12-15)19(29-26-21)13-28-16-6-2-1-3-7-16/h1-9,11-12,22,25,27H,10,13H2. The molecule has 7 heteroatoms. The quantitative estimate of drug-likeness (QED) is 0.557. The van der Waals surface area contributed by atoms with Crippen LogP contribution in [0.1, 0.15) is 17.4 Å². The van der Waals surface area contributed by atoms with Gasteiger partial charge in [0.05, 0.1) is 15.6 Å². The fraction of sp³-hybridized carbons (Fsp3) is 0.136. The summed E-state index contributed by atoms with van der Waals surface area (Å²) in [5.74, 6) is 1.13. The molecule has 1 aliphatic rings. The van der Waals surface area contributed by atoms with Crippen LogP contribution in [0.2, 0.25) is 10.0 Å². The number of ether oxygens (including phenoxy) is 1. The summed E-state index contributed by atoms with van der Waals surface area (Å²) in [6.07, 6.45) is 4.63. The summed E-state index contributed by atoms with van der Waals surface area (Å²) in [5.41, 5.74) is 2.40. The Kier molecular flexibility index (Phi) is 5.90. The average Bonchev–Trinajstić information content (AvgIpc) is 3.19. The Balaban J connectivity index is 1.72. The van der Waals surface area contributed by atoms with Crippen LogP contribution in [-0.2, 0) is 6.61 Å². The van der Waals surface area contributed by atoms with Crippen LogP contribution in [0.3, 0.4) is 0 Å². The number of hydrogen-bond acceptors (Lipinski definition) is 5. The first-order chi connectivity index (χ1) is 14.1. The van der Waals surface area contributed by atoms with E-state index in [0.29, 0.717) is 50.5 Å². The Morgan fingerprint density at radius 3 is 2.69 bits per heavy atom. The summed E-state index contributed by atoms with van der Waals surface area (Å²) in [4.78, 5) is 0. The largest absolute Gasteiger partial charge is 0.486 e. The predicted octanol–water partition coefficient (Wildman–Crippen LogP) is 5.30. The predicted molar refractivity (Wildman–Crippen MR) is 113 cm³/mol. The maximum Gasteiger partial charge on any atom is 0.180 e. The third kappa shape index (κ3) is 4.32. The van der Waals surface area contributed by atoms with Crippen molar-refractivity contribution >= 4 is 23.2 Å². The Bertz CT molecular complexity index is 1060. The smallest absolute Gasteiger partial charge is 0.180 e. The van der Waals surface area contributed by atoms with Crippen molar-refractivity contribution in [1.82, 2.24) is 10.5 Å². The molecule has 5 nitrogen and oxygen atoms in total. The molecule has 1 atom stereocenters. The molecule has 29 heavy (non-hydrogen) atoms. The third-order valence-corrected chi connectivity index (χ3v) is 5.25. The van der Waals surface area contributed by atoms with Gasteiger partial charge in [0.1, 0.15) is 24.2 Å². The second-order valence-corrected chi connectivity index (χ2v) is 7.27. The summed E-state index contributed by atoms with van der Waals surface area (Å²) in [6.45, 7) is 0.832. The van der Waals surface area contributed by atoms with Gasteiger partial charge in [0.25, 0.3) is 0 Å². The van der Waals surface area contributed by atoms with Crippen molar-refractivity contribution in [2.45, 2.75) is 12.7 Å².